The van der Waals surface area contributed by atoms with Gasteiger partial charge in [-0.25, -0.2) is 0 Å². The molecule has 46 valence electrons. The molecule has 2 aliphatic rings. The zero-order chi connectivity index (χ0) is 5.40. The molecule has 2 rings (SSSR count). The number of rotatable bonds is 0. The minimum atomic E-state index is 0.550. The second kappa shape index (κ2) is 1.71. The fourth-order valence-electron chi connectivity index (χ4n) is 1.49. The Morgan fingerprint density at radius 1 is 1.12 bits per heavy atom. The van der Waals surface area contributed by atoms with Gasteiger partial charge in [0.2, 0.25) is 0 Å². The lowest BCUT2D eigenvalue weighted by Gasteiger charge is -2.20. The average molecular weight is 113 g/mol. The van der Waals surface area contributed by atoms with E-state index in [4.69, 9.17) is 4.74 Å². The quantitative estimate of drug-likeness (QED) is 0.482. The van der Waals surface area contributed by atoms with Crippen molar-refractivity contribution in [3.63, 3.8) is 0 Å². The van der Waals surface area contributed by atoms with Gasteiger partial charge in [-0.2, -0.15) is 0 Å². The Balaban J connectivity index is 2.03. The van der Waals surface area contributed by atoms with E-state index in [0.717, 1.165) is 13.1 Å². The summed E-state index contributed by atoms with van der Waals surface area (Å²) in [5.74, 6) is 0. The van der Waals surface area contributed by atoms with Gasteiger partial charge >= 0.3 is 0 Å². The van der Waals surface area contributed by atoms with Crippen molar-refractivity contribution in [3.8, 4) is 0 Å². The Morgan fingerprint density at radius 3 is 2.25 bits per heavy atom. The second-order valence-corrected chi connectivity index (χ2v) is 2.62. The minimum absolute atomic E-state index is 0.550. The van der Waals surface area contributed by atoms with E-state index < -0.39 is 0 Å². The lowest BCUT2D eigenvalue weighted by Crippen LogP contribution is -2.38. The van der Waals surface area contributed by atoms with Crippen LogP contribution in [0.1, 0.15) is 12.8 Å². The highest BCUT2D eigenvalue weighted by Crippen LogP contribution is 2.21. The molecular weight excluding hydrogens is 102 g/mol. The highest BCUT2D eigenvalue weighted by molar-refractivity contribution is 4.81. The Morgan fingerprint density at radius 2 is 1.75 bits per heavy atom. The van der Waals surface area contributed by atoms with Gasteiger partial charge < -0.3 is 10.1 Å². The van der Waals surface area contributed by atoms with E-state index in [0.29, 0.717) is 12.2 Å². The third-order valence-corrected chi connectivity index (χ3v) is 1.94. The van der Waals surface area contributed by atoms with Gasteiger partial charge in [0, 0.05) is 13.1 Å². The van der Waals surface area contributed by atoms with Gasteiger partial charge in [-0.3, -0.25) is 0 Å². The molecule has 2 bridgehead atoms. The first-order valence-electron chi connectivity index (χ1n) is 3.31. The Labute approximate surface area is 49.2 Å². The van der Waals surface area contributed by atoms with Gasteiger partial charge in [0.05, 0.1) is 12.2 Å². The van der Waals surface area contributed by atoms with Crippen LogP contribution in [-0.2, 0) is 4.74 Å². The first kappa shape index (κ1) is 4.77. The number of hydrogen-bond donors (Lipinski definition) is 1. The van der Waals surface area contributed by atoms with Gasteiger partial charge in [-0.05, 0) is 12.8 Å². The van der Waals surface area contributed by atoms with Crippen LogP contribution in [0.4, 0.5) is 0 Å². The monoisotopic (exact) mass is 113 g/mol. The number of morpholine rings is 1. The minimum Gasteiger partial charge on any atom is -0.372 e. The molecule has 1 N–H and O–H groups in total. The van der Waals surface area contributed by atoms with E-state index in [9.17, 15) is 0 Å². The molecule has 2 fully saturated rings. The standard InChI is InChI=1S/C6H11NO/c1-2-6-4-7-3-5(1)8-6/h5-7H,1-4H2/t5-,6-/m1/s1. The SMILES string of the molecule is C1C[C@@H]2CNC[C@@H]1O2. The fraction of sp³-hybridized carbons (Fsp3) is 1.00. The summed E-state index contributed by atoms with van der Waals surface area (Å²) in [7, 11) is 0. The lowest BCUT2D eigenvalue weighted by molar-refractivity contribution is 0.0184. The normalized spacial score (nSPS) is 45.0. The molecule has 0 aromatic rings. The molecular formula is C6H11NO. The molecule has 2 heteroatoms. The topological polar surface area (TPSA) is 21.3 Å². The highest BCUT2D eigenvalue weighted by atomic mass is 16.5. The Bertz CT molecular complexity index is 80.5. The van der Waals surface area contributed by atoms with Crippen molar-refractivity contribution >= 4 is 0 Å². The van der Waals surface area contributed by atoms with Gasteiger partial charge in [0.15, 0.2) is 0 Å². The maximum absolute atomic E-state index is 5.53. The predicted octanol–water partition coefficient (Wildman–Crippen LogP) is 0.137. The van der Waals surface area contributed by atoms with Gasteiger partial charge in [0.1, 0.15) is 0 Å². The van der Waals surface area contributed by atoms with Crippen LogP contribution >= 0.6 is 0 Å². The van der Waals surface area contributed by atoms with Gasteiger partial charge in [-0.15, -0.1) is 0 Å². The second-order valence-electron chi connectivity index (χ2n) is 2.62. The van der Waals surface area contributed by atoms with Crippen molar-refractivity contribution in [3.05, 3.63) is 0 Å². The molecule has 2 atom stereocenters. The summed E-state index contributed by atoms with van der Waals surface area (Å²) in [6.45, 7) is 2.16. The zero-order valence-corrected chi connectivity index (χ0v) is 4.89. The van der Waals surface area contributed by atoms with Gasteiger partial charge in [-0.1, -0.05) is 0 Å². The summed E-state index contributed by atoms with van der Waals surface area (Å²) < 4.78 is 5.53. The third-order valence-electron chi connectivity index (χ3n) is 1.94. The molecule has 2 heterocycles. The van der Waals surface area contributed by atoms with Crippen molar-refractivity contribution in [1.29, 1.82) is 0 Å². The van der Waals surface area contributed by atoms with Crippen molar-refractivity contribution < 1.29 is 4.74 Å². The highest BCUT2D eigenvalue weighted by Gasteiger charge is 2.28. The summed E-state index contributed by atoms with van der Waals surface area (Å²) >= 11 is 0. The molecule has 0 unspecified atom stereocenters. The van der Waals surface area contributed by atoms with Crippen LogP contribution < -0.4 is 5.32 Å². The fourth-order valence-corrected chi connectivity index (χ4v) is 1.49. The summed E-state index contributed by atoms with van der Waals surface area (Å²) in [6, 6.07) is 0. The van der Waals surface area contributed by atoms with E-state index in [1.165, 1.54) is 12.8 Å². The van der Waals surface area contributed by atoms with E-state index in [1.807, 2.05) is 0 Å². The average Bonchev–Trinajstić information content (AvgIpc) is 2.12. The van der Waals surface area contributed by atoms with Crippen LogP contribution in [0.3, 0.4) is 0 Å². The number of ether oxygens (including phenoxy) is 1. The van der Waals surface area contributed by atoms with Crippen molar-refractivity contribution in [2.75, 3.05) is 13.1 Å². The number of hydrogen-bond acceptors (Lipinski definition) is 2. The first-order valence-corrected chi connectivity index (χ1v) is 3.31. The molecule has 0 aromatic carbocycles. The molecule has 0 saturated carbocycles. The molecule has 0 amide bonds. The van der Waals surface area contributed by atoms with Crippen molar-refractivity contribution in [1.82, 2.24) is 5.32 Å². The summed E-state index contributed by atoms with van der Waals surface area (Å²) in [5.41, 5.74) is 0. The zero-order valence-electron chi connectivity index (χ0n) is 4.89. The summed E-state index contributed by atoms with van der Waals surface area (Å²) in [4.78, 5) is 0. The Hall–Kier alpha value is -0.0800. The van der Waals surface area contributed by atoms with Gasteiger partial charge in [0.25, 0.3) is 0 Å². The van der Waals surface area contributed by atoms with E-state index in [-0.39, 0.29) is 0 Å². The molecule has 0 spiro atoms. The number of fused-ring (bicyclic) bond motifs is 2. The van der Waals surface area contributed by atoms with Crippen LogP contribution in [0.2, 0.25) is 0 Å². The maximum Gasteiger partial charge on any atom is 0.0704 e. The predicted molar refractivity (Wildman–Crippen MR) is 30.8 cm³/mol. The first-order chi connectivity index (χ1) is 3.95. The van der Waals surface area contributed by atoms with Crippen molar-refractivity contribution in [2.45, 2.75) is 25.0 Å². The Kier molecular flexibility index (Phi) is 1.02. The smallest absolute Gasteiger partial charge is 0.0704 e. The van der Waals surface area contributed by atoms with E-state index in [1.54, 1.807) is 0 Å². The lowest BCUT2D eigenvalue weighted by atomic mass is 10.2. The molecule has 0 aliphatic carbocycles. The maximum atomic E-state index is 5.53. The number of nitrogens with one attached hydrogen (secondary N) is 1. The molecule has 2 nitrogen and oxygen atoms in total. The molecule has 8 heavy (non-hydrogen) atoms. The van der Waals surface area contributed by atoms with E-state index >= 15 is 0 Å². The van der Waals surface area contributed by atoms with Crippen LogP contribution in [0.25, 0.3) is 0 Å². The largest absolute Gasteiger partial charge is 0.372 e. The molecule has 0 radical (unpaired) electrons. The molecule has 2 saturated heterocycles. The van der Waals surface area contributed by atoms with Crippen molar-refractivity contribution in [2.24, 2.45) is 0 Å². The molecule has 2 aliphatic heterocycles. The van der Waals surface area contributed by atoms with Crippen LogP contribution in [0.5, 0.6) is 0 Å². The summed E-state index contributed by atoms with van der Waals surface area (Å²) in [5, 5.41) is 3.32. The molecule has 0 aromatic heterocycles. The van der Waals surface area contributed by atoms with Crippen LogP contribution in [0, 0.1) is 0 Å². The van der Waals surface area contributed by atoms with Crippen LogP contribution in [-0.4, -0.2) is 25.3 Å². The third kappa shape index (κ3) is 0.644. The summed E-state index contributed by atoms with van der Waals surface area (Å²) in [6.07, 6.45) is 3.65. The van der Waals surface area contributed by atoms with Crippen LogP contribution in [0.15, 0.2) is 0 Å². The van der Waals surface area contributed by atoms with E-state index in [2.05, 4.69) is 5.32 Å².